The van der Waals surface area contributed by atoms with E-state index in [1.165, 1.54) is 0 Å². The first-order chi connectivity index (χ1) is 9.38. The molecule has 0 spiro atoms. The van der Waals surface area contributed by atoms with Crippen LogP contribution in [0, 0.1) is 0 Å². The topological polar surface area (TPSA) is 77.4 Å². The van der Waals surface area contributed by atoms with Crippen LogP contribution in [0.25, 0.3) is 0 Å². The Morgan fingerprint density at radius 1 is 1.19 bits per heavy atom. The minimum absolute atomic E-state index is 0.228. The van der Waals surface area contributed by atoms with Crippen LogP contribution >= 0.6 is 0 Å². The summed E-state index contributed by atoms with van der Waals surface area (Å²) in [7, 11) is 0. The number of rotatable bonds is 8. The molecule has 1 fully saturated rings. The fraction of sp³-hybridized carbons (Fsp3) is 1.00. The molecule has 0 radical (unpaired) electrons. The lowest BCUT2D eigenvalue weighted by Gasteiger charge is -2.30. The van der Waals surface area contributed by atoms with Gasteiger partial charge in [0.05, 0.1) is 19.3 Å². The molecule has 1 heterocycles. The quantitative estimate of drug-likeness (QED) is 0.526. The van der Waals surface area contributed by atoms with Crippen molar-refractivity contribution in [2.75, 3.05) is 13.2 Å². The fourth-order valence-electron chi connectivity index (χ4n) is 2.20. The monoisotopic (exact) mass is 306 g/mol. The van der Waals surface area contributed by atoms with Gasteiger partial charge < -0.3 is 29.2 Å². The summed E-state index contributed by atoms with van der Waals surface area (Å²) in [6.07, 6.45) is 0.806. The standard InChI is InChI=1S/C15H30O6/c1-13(2,16)18-9-7-8-11(20-14(3,4)17)12-10-19-15(5,6)21-12/h11-12,16-17H,7-10H2,1-6H3/t11-,12+/m0/s1. The first kappa shape index (κ1) is 18.8. The van der Waals surface area contributed by atoms with Crippen molar-refractivity contribution in [3.8, 4) is 0 Å². The van der Waals surface area contributed by atoms with Crippen LogP contribution in [-0.2, 0) is 18.9 Å². The molecule has 0 bridgehead atoms. The van der Waals surface area contributed by atoms with Crippen molar-refractivity contribution >= 4 is 0 Å². The summed E-state index contributed by atoms with van der Waals surface area (Å²) in [4.78, 5) is 0. The molecule has 0 unspecified atom stereocenters. The average molecular weight is 306 g/mol. The first-order valence-electron chi connectivity index (χ1n) is 7.46. The third-order valence-corrected chi connectivity index (χ3v) is 2.97. The van der Waals surface area contributed by atoms with E-state index in [4.69, 9.17) is 18.9 Å². The summed E-state index contributed by atoms with van der Waals surface area (Å²) in [6, 6.07) is 0. The Morgan fingerprint density at radius 3 is 2.24 bits per heavy atom. The predicted octanol–water partition coefficient (Wildman–Crippen LogP) is 1.78. The van der Waals surface area contributed by atoms with Gasteiger partial charge in [0.1, 0.15) is 6.10 Å². The van der Waals surface area contributed by atoms with Crippen molar-refractivity contribution in [3.63, 3.8) is 0 Å². The van der Waals surface area contributed by atoms with Gasteiger partial charge in [0.2, 0.25) is 0 Å². The smallest absolute Gasteiger partial charge is 0.163 e. The van der Waals surface area contributed by atoms with Gasteiger partial charge in [-0.3, -0.25) is 0 Å². The van der Waals surface area contributed by atoms with Crippen molar-refractivity contribution in [2.45, 2.75) is 84.0 Å². The number of hydrogen-bond acceptors (Lipinski definition) is 6. The first-order valence-corrected chi connectivity index (χ1v) is 7.46. The van der Waals surface area contributed by atoms with Crippen LogP contribution in [0.4, 0.5) is 0 Å². The van der Waals surface area contributed by atoms with E-state index in [-0.39, 0.29) is 12.2 Å². The Bertz CT molecular complexity index is 315. The number of ether oxygens (including phenoxy) is 4. The Labute approximate surface area is 127 Å². The van der Waals surface area contributed by atoms with Crippen molar-refractivity contribution in [3.05, 3.63) is 0 Å². The van der Waals surface area contributed by atoms with Crippen LogP contribution in [-0.4, -0.2) is 53.0 Å². The molecule has 0 saturated carbocycles. The average Bonchev–Trinajstić information content (AvgIpc) is 2.60. The second-order valence-corrected chi connectivity index (χ2v) is 6.91. The highest BCUT2D eigenvalue weighted by molar-refractivity contribution is 4.80. The molecule has 0 aliphatic carbocycles. The zero-order chi connectivity index (χ0) is 16.3. The molecule has 0 amide bonds. The summed E-state index contributed by atoms with van der Waals surface area (Å²) in [6.45, 7) is 10.9. The molecular formula is C15H30O6. The van der Waals surface area contributed by atoms with Gasteiger partial charge in [-0.25, -0.2) is 0 Å². The van der Waals surface area contributed by atoms with Crippen LogP contribution in [0.2, 0.25) is 0 Å². The van der Waals surface area contributed by atoms with Gasteiger partial charge in [-0.1, -0.05) is 0 Å². The number of aliphatic hydroxyl groups is 2. The highest BCUT2D eigenvalue weighted by atomic mass is 16.8. The SMILES string of the molecule is CC(C)(O)OCCC[C@H](OC(C)(C)O)[C@H]1COC(C)(C)O1. The second kappa shape index (κ2) is 6.89. The molecule has 0 aromatic rings. The normalized spacial score (nSPS) is 24.3. The van der Waals surface area contributed by atoms with Crippen LogP contribution < -0.4 is 0 Å². The van der Waals surface area contributed by atoms with E-state index in [0.29, 0.717) is 26.1 Å². The predicted molar refractivity (Wildman–Crippen MR) is 77.6 cm³/mol. The summed E-state index contributed by atoms with van der Waals surface area (Å²) in [5, 5.41) is 19.4. The summed E-state index contributed by atoms with van der Waals surface area (Å²) in [5.41, 5.74) is 0. The highest BCUT2D eigenvalue weighted by Crippen LogP contribution is 2.28. The zero-order valence-electron chi connectivity index (χ0n) is 14.0. The molecule has 6 heteroatoms. The van der Waals surface area contributed by atoms with Gasteiger partial charge in [-0.05, 0) is 54.4 Å². The van der Waals surface area contributed by atoms with E-state index in [2.05, 4.69) is 0 Å². The van der Waals surface area contributed by atoms with Crippen LogP contribution in [0.1, 0.15) is 54.4 Å². The molecule has 1 aliphatic rings. The third kappa shape index (κ3) is 8.09. The van der Waals surface area contributed by atoms with E-state index >= 15 is 0 Å². The maximum atomic E-state index is 9.87. The van der Waals surface area contributed by atoms with Crippen LogP contribution in [0.15, 0.2) is 0 Å². The van der Waals surface area contributed by atoms with Gasteiger partial charge >= 0.3 is 0 Å². The van der Waals surface area contributed by atoms with Crippen molar-refractivity contribution in [1.82, 2.24) is 0 Å². The fourth-order valence-corrected chi connectivity index (χ4v) is 2.20. The number of hydrogen-bond donors (Lipinski definition) is 2. The Hall–Kier alpha value is -0.240. The molecule has 0 aromatic heterocycles. The van der Waals surface area contributed by atoms with E-state index in [1.807, 2.05) is 13.8 Å². The van der Waals surface area contributed by atoms with Crippen molar-refractivity contribution in [2.24, 2.45) is 0 Å². The molecule has 1 aliphatic heterocycles. The van der Waals surface area contributed by atoms with Gasteiger partial charge in [0, 0.05) is 0 Å². The largest absolute Gasteiger partial charge is 0.366 e. The van der Waals surface area contributed by atoms with E-state index < -0.39 is 17.4 Å². The van der Waals surface area contributed by atoms with Crippen molar-refractivity contribution in [1.29, 1.82) is 0 Å². The molecule has 2 atom stereocenters. The maximum absolute atomic E-state index is 9.87. The molecule has 6 nitrogen and oxygen atoms in total. The Kier molecular flexibility index (Phi) is 6.17. The molecular weight excluding hydrogens is 276 g/mol. The minimum Gasteiger partial charge on any atom is -0.366 e. The maximum Gasteiger partial charge on any atom is 0.163 e. The van der Waals surface area contributed by atoms with E-state index in [1.54, 1.807) is 27.7 Å². The third-order valence-electron chi connectivity index (χ3n) is 2.97. The summed E-state index contributed by atoms with van der Waals surface area (Å²) in [5.74, 6) is -3.01. The van der Waals surface area contributed by atoms with Crippen LogP contribution in [0.5, 0.6) is 0 Å². The summed E-state index contributed by atoms with van der Waals surface area (Å²) < 4.78 is 22.3. The summed E-state index contributed by atoms with van der Waals surface area (Å²) >= 11 is 0. The van der Waals surface area contributed by atoms with E-state index in [0.717, 1.165) is 0 Å². The zero-order valence-corrected chi connectivity index (χ0v) is 14.0. The molecule has 21 heavy (non-hydrogen) atoms. The molecule has 1 rings (SSSR count). The molecule has 2 N–H and O–H groups in total. The molecule has 126 valence electrons. The minimum atomic E-state index is -1.24. The Balaban J connectivity index is 2.50. The molecule has 1 saturated heterocycles. The lowest BCUT2D eigenvalue weighted by atomic mass is 10.1. The second-order valence-electron chi connectivity index (χ2n) is 6.91. The lowest BCUT2D eigenvalue weighted by Crippen LogP contribution is -2.40. The highest BCUT2D eigenvalue weighted by Gasteiger charge is 2.39. The van der Waals surface area contributed by atoms with Crippen molar-refractivity contribution < 1.29 is 29.2 Å². The Morgan fingerprint density at radius 2 is 1.81 bits per heavy atom. The van der Waals surface area contributed by atoms with Gasteiger partial charge in [-0.2, -0.15) is 0 Å². The van der Waals surface area contributed by atoms with Gasteiger partial charge in [0.25, 0.3) is 0 Å². The van der Waals surface area contributed by atoms with E-state index in [9.17, 15) is 10.2 Å². The molecule has 0 aromatic carbocycles. The van der Waals surface area contributed by atoms with Gasteiger partial charge in [0.15, 0.2) is 17.4 Å². The van der Waals surface area contributed by atoms with Gasteiger partial charge in [-0.15, -0.1) is 0 Å². The van der Waals surface area contributed by atoms with Crippen LogP contribution in [0.3, 0.4) is 0 Å². The lowest BCUT2D eigenvalue weighted by molar-refractivity contribution is -0.238.